The monoisotopic (exact) mass is 227 g/mol. The van der Waals surface area contributed by atoms with E-state index in [4.69, 9.17) is 4.74 Å². The summed E-state index contributed by atoms with van der Waals surface area (Å²) in [4.78, 5) is 22.4. The largest absolute Gasteiger partial charge is 0.378 e. The number of carbonyl (C=O) groups is 2. The van der Waals surface area contributed by atoms with Gasteiger partial charge in [-0.2, -0.15) is 0 Å². The van der Waals surface area contributed by atoms with Gasteiger partial charge in [0.05, 0.1) is 12.1 Å². The molecule has 1 aliphatic heterocycles. The third kappa shape index (κ3) is 4.75. The van der Waals surface area contributed by atoms with E-state index in [1.165, 1.54) is 13.3 Å². The van der Waals surface area contributed by atoms with Crippen LogP contribution in [0.3, 0.4) is 0 Å². The van der Waals surface area contributed by atoms with Crippen LogP contribution in [0.5, 0.6) is 0 Å². The van der Waals surface area contributed by atoms with Gasteiger partial charge in [-0.05, 0) is 39.5 Å². The summed E-state index contributed by atoms with van der Waals surface area (Å²) in [7, 11) is 0. The smallest absolute Gasteiger partial charge is 0.220 e. The standard InChI is InChI=1S/C12H21NO3/c1-9(10(2)14)13-12(15)7-6-11-5-3-4-8-16-11/h9,11H,3-8H2,1-2H3,(H,13,15). The molecule has 0 aromatic rings. The molecule has 2 unspecified atom stereocenters. The zero-order valence-electron chi connectivity index (χ0n) is 10.1. The lowest BCUT2D eigenvalue weighted by molar-refractivity contribution is -0.127. The molecule has 2 atom stereocenters. The maximum Gasteiger partial charge on any atom is 0.220 e. The molecule has 1 heterocycles. The third-order valence-corrected chi connectivity index (χ3v) is 2.95. The average molecular weight is 227 g/mol. The number of rotatable bonds is 5. The molecule has 0 aliphatic carbocycles. The Labute approximate surface area is 96.7 Å². The summed E-state index contributed by atoms with van der Waals surface area (Å²) in [6.45, 7) is 4.00. The van der Waals surface area contributed by atoms with E-state index in [1.54, 1.807) is 6.92 Å². The van der Waals surface area contributed by atoms with Crippen molar-refractivity contribution >= 4 is 11.7 Å². The highest BCUT2D eigenvalue weighted by atomic mass is 16.5. The normalized spacial score (nSPS) is 22.5. The molecule has 0 radical (unpaired) electrons. The molecule has 0 spiro atoms. The second-order valence-corrected chi connectivity index (χ2v) is 4.43. The lowest BCUT2D eigenvalue weighted by atomic mass is 10.0. The van der Waals surface area contributed by atoms with Crippen molar-refractivity contribution in [1.82, 2.24) is 5.32 Å². The quantitative estimate of drug-likeness (QED) is 0.773. The van der Waals surface area contributed by atoms with Crippen molar-refractivity contribution in [1.29, 1.82) is 0 Å². The number of carbonyl (C=O) groups excluding carboxylic acids is 2. The highest BCUT2D eigenvalue weighted by molar-refractivity contribution is 5.87. The molecule has 0 aromatic carbocycles. The predicted molar refractivity (Wildman–Crippen MR) is 61.1 cm³/mol. The minimum absolute atomic E-state index is 0.0118. The van der Waals surface area contributed by atoms with Gasteiger partial charge >= 0.3 is 0 Å². The summed E-state index contributed by atoms with van der Waals surface area (Å²) in [6.07, 6.45) is 4.81. The van der Waals surface area contributed by atoms with Crippen molar-refractivity contribution in [2.75, 3.05) is 6.61 Å². The molecule has 0 bridgehead atoms. The molecular weight excluding hydrogens is 206 g/mol. The van der Waals surface area contributed by atoms with Crippen LogP contribution in [0.15, 0.2) is 0 Å². The Hall–Kier alpha value is -0.900. The van der Waals surface area contributed by atoms with Crippen LogP contribution in [0.25, 0.3) is 0 Å². The van der Waals surface area contributed by atoms with Gasteiger partial charge in [-0.1, -0.05) is 0 Å². The summed E-state index contributed by atoms with van der Waals surface area (Å²) in [5.74, 6) is -0.0702. The molecule has 4 nitrogen and oxygen atoms in total. The van der Waals surface area contributed by atoms with Gasteiger partial charge in [0.2, 0.25) is 5.91 Å². The number of ketones is 1. The summed E-state index contributed by atoms with van der Waals surface area (Å²) in [5, 5.41) is 2.67. The average Bonchev–Trinajstić information content (AvgIpc) is 2.27. The van der Waals surface area contributed by atoms with Crippen molar-refractivity contribution in [3.8, 4) is 0 Å². The maximum atomic E-state index is 11.5. The molecule has 1 amide bonds. The molecule has 1 fully saturated rings. The van der Waals surface area contributed by atoms with Crippen LogP contribution in [0.4, 0.5) is 0 Å². The zero-order chi connectivity index (χ0) is 12.0. The molecule has 1 N–H and O–H groups in total. The van der Waals surface area contributed by atoms with E-state index in [0.29, 0.717) is 6.42 Å². The van der Waals surface area contributed by atoms with Crippen molar-refractivity contribution in [3.05, 3.63) is 0 Å². The fraction of sp³-hybridized carbons (Fsp3) is 0.833. The molecular formula is C12H21NO3. The van der Waals surface area contributed by atoms with Crippen molar-refractivity contribution in [2.24, 2.45) is 0 Å². The fourth-order valence-electron chi connectivity index (χ4n) is 1.74. The van der Waals surface area contributed by atoms with E-state index >= 15 is 0 Å². The van der Waals surface area contributed by atoms with Gasteiger partial charge in [0.1, 0.15) is 0 Å². The summed E-state index contributed by atoms with van der Waals surface area (Å²) >= 11 is 0. The Morgan fingerprint density at radius 3 is 2.75 bits per heavy atom. The minimum Gasteiger partial charge on any atom is -0.378 e. The first-order valence-electron chi connectivity index (χ1n) is 6.01. The van der Waals surface area contributed by atoms with Crippen LogP contribution in [-0.4, -0.2) is 30.4 Å². The first-order valence-corrected chi connectivity index (χ1v) is 6.01. The van der Waals surface area contributed by atoms with Gasteiger partial charge in [0.15, 0.2) is 5.78 Å². The van der Waals surface area contributed by atoms with E-state index in [2.05, 4.69) is 5.32 Å². The van der Waals surface area contributed by atoms with E-state index in [9.17, 15) is 9.59 Å². The zero-order valence-corrected chi connectivity index (χ0v) is 10.1. The topological polar surface area (TPSA) is 55.4 Å². The van der Waals surface area contributed by atoms with Crippen molar-refractivity contribution in [2.45, 2.75) is 58.1 Å². The van der Waals surface area contributed by atoms with E-state index in [0.717, 1.165) is 25.9 Å². The summed E-state index contributed by atoms with van der Waals surface area (Å²) < 4.78 is 5.53. The van der Waals surface area contributed by atoms with E-state index < -0.39 is 0 Å². The van der Waals surface area contributed by atoms with Crippen LogP contribution in [0.1, 0.15) is 46.0 Å². The minimum atomic E-state index is -0.375. The first kappa shape index (κ1) is 13.2. The van der Waals surface area contributed by atoms with Gasteiger partial charge in [0.25, 0.3) is 0 Å². The van der Waals surface area contributed by atoms with Crippen LogP contribution in [0, 0.1) is 0 Å². The van der Waals surface area contributed by atoms with Gasteiger partial charge in [-0.15, -0.1) is 0 Å². The maximum absolute atomic E-state index is 11.5. The van der Waals surface area contributed by atoms with Gasteiger partial charge in [-0.3, -0.25) is 9.59 Å². The van der Waals surface area contributed by atoms with Crippen LogP contribution < -0.4 is 5.32 Å². The number of amides is 1. The Kier molecular flexibility index (Phi) is 5.46. The van der Waals surface area contributed by atoms with E-state index in [-0.39, 0.29) is 23.8 Å². The van der Waals surface area contributed by atoms with E-state index in [1.807, 2.05) is 0 Å². The Bertz CT molecular complexity index is 247. The number of hydrogen-bond donors (Lipinski definition) is 1. The highest BCUT2D eigenvalue weighted by Gasteiger charge is 2.16. The lowest BCUT2D eigenvalue weighted by Crippen LogP contribution is -2.37. The summed E-state index contributed by atoms with van der Waals surface area (Å²) in [5.41, 5.74) is 0. The Morgan fingerprint density at radius 1 is 1.44 bits per heavy atom. The Morgan fingerprint density at radius 2 is 2.19 bits per heavy atom. The molecule has 4 heteroatoms. The van der Waals surface area contributed by atoms with Gasteiger partial charge in [0, 0.05) is 13.0 Å². The first-order chi connectivity index (χ1) is 7.59. The molecule has 16 heavy (non-hydrogen) atoms. The van der Waals surface area contributed by atoms with Gasteiger partial charge < -0.3 is 10.1 Å². The highest BCUT2D eigenvalue weighted by Crippen LogP contribution is 2.16. The third-order valence-electron chi connectivity index (χ3n) is 2.95. The SMILES string of the molecule is CC(=O)C(C)NC(=O)CCC1CCCCO1. The number of hydrogen-bond acceptors (Lipinski definition) is 3. The number of nitrogens with one attached hydrogen (secondary N) is 1. The van der Waals surface area contributed by atoms with Crippen LogP contribution >= 0.6 is 0 Å². The van der Waals surface area contributed by atoms with Crippen molar-refractivity contribution in [3.63, 3.8) is 0 Å². The fourth-order valence-corrected chi connectivity index (χ4v) is 1.74. The molecule has 0 saturated carbocycles. The molecule has 0 aromatic heterocycles. The number of ether oxygens (including phenoxy) is 1. The summed E-state index contributed by atoms with van der Waals surface area (Å²) in [6, 6.07) is -0.375. The molecule has 1 saturated heterocycles. The van der Waals surface area contributed by atoms with Gasteiger partial charge in [-0.25, -0.2) is 0 Å². The van der Waals surface area contributed by atoms with Crippen molar-refractivity contribution < 1.29 is 14.3 Å². The predicted octanol–water partition coefficient (Wildman–Crippen LogP) is 1.43. The number of Topliss-reactive ketones (excluding diaryl/α,β-unsaturated/α-hetero) is 1. The lowest BCUT2D eigenvalue weighted by Gasteiger charge is -2.22. The molecule has 92 valence electrons. The molecule has 1 aliphatic rings. The Balaban J connectivity index is 2.16. The van der Waals surface area contributed by atoms with Crippen LogP contribution in [0.2, 0.25) is 0 Å². The second-order valence-electron chi connectivity index (χ2n) is 4.43. The van der Waals surface area contributed by atoms with Crippen LogP contribution in [-0.2, 0) is 14.3 Å². The molecule has 1 rings (SSSR count). The second kappa shape index (κ2) is 6.63.